The van der Waals surface area contributed by atoms with Gasteiger partial charge in [-0.1, -0.05) is 42.0 Å². The maximum Gasteiger partial charge on any atom is 0.416 e. The molecule has 2 atom stereocenters. The van der Waals surface area contributed by atoms with Crippen molar-refractivity contribution in [3.63, 3.8) is 0 Å². The first kappa shape index (κ1) is 41.3. The molecule has 3 aromatic rings. The van der Waals surface area contributed by atoms with E-state index in [9.17, 15) is 27.6 Å². The van der Waals surface area contributed by atoms with Crippen molar-refractivity contribution in [2.24, 2.45) is 0 Å². The number of esters is 1. The summed E-state index contributed by atoms with van der Waals surface area (Å²) in [5.74, 6) is -0.773. The zero-order chi connectivity index (χ0) is 38.9. The molecule has 0 radical (unpaired) electrons. The Kier molecular flexibility index (Phi) is 14.5. The van der Waals surface area contributed by atoms with E-state index in [1.807, 2.05) is 18.2 Å². The molecule has 1 amide bonds. The van der Waals surface area contributed by atoms with Crippen molar-refractivity contribution in [3.05, 3.63) is 117 Å². The maximum atomic E-state index is 14.3. The number of alkyl halides is 3. The minimum atomic E-state index is -4.74. The normalized spacial score (nSPS) is 14.1. The van der Waals surface area contributed by atoms with Crippen LogP contribution in [0.25, 0.3) is 11.1 Å². The number of ether oxygens (including phenoxy) is 1. The average molecular weight is 734 g/mol. The van der Waals surface area contributed by atoms with Gasteiger partial charge in [-0.15, -0.1) is 13.2 Å². The number of likely N-dealkylation sites (N-methyl/N-ethyl adjacent to an activating group) is 1. The molecule has 1 fully saturated rings. The Hall–Kier alpha value is -4.44. The van der Waals surface area contributed by atoms with Crippen molar-refractivity contribution in [2.45, 2.75) is 103 Å². The zero-order valence-corrected chi connectivity index (χ0v) is 31.8. The Morgan fingerprint density at radius 3 is 2.38 bits per heavy atom. The van der Waals surface area contributed by atoms with Crippen LogP contribution in [0.5, 0.6) is 0 Å². The lowest BCUT2D eigenvalue weighted by molar-refractivity contribution is -0.144. The smallest absolute Gasteiger partial charge is 0.416 e. The number of nitrogens with one attached hydrogen (secondary N) is 1. The van der Waals surface area contributed by atoms with Gasteiger partial charge in [0, 0.05) is 18.8 Å². The summed E-state index contributed by atoms with van der Waals surface area (Å²) in [5.41, 5.74) is 5.43. The molecule has 53 heavy (non-hydrogen) atoms. The van der Waals surface area contributed by atoms with E-state index in [0.717, 1.165) is 71.5 Å². The molecule has 0 unspecified atom stereocenters. The van der Waals surface area contributed by atoms with E-state index in [1.165, 1.54) is 17.2 Å². The molecule has 1 aliphatic carbocycles. The van der Waals surface area contributed by atoms with E-state index in [1.54, 1.807) is 25.9 Å². The monoisotopic (exact) mass is 733 g/mol. The number of halogens is 3. The summed E-state index contributed by atoms with van der Waals surface area (Å²) < 4.78 is 48.5. The number of aryl methyl sites for hydroxylation is 3. The summed E-state index contributed by atoms with van der Waals surface area (Å²) in [4.78, 5) is 42.4. The van der Waals surface area contributed by atoms with Gasteiger partial charge in [0.25, 0.3) is 5.56 Å². The van der Waals surface area contributed by atoms with E-state index < -0.39 is 41.3 Å². The van der Waals surface area contributed by atoms with Gasteiger partial charge < -0.3 is 19.5 Å². The molecule has 7 nitrogen and oxygen atoms in total. The van der Waals surface area contributed by atoms with Gasteiger partial charge >= 0.3 is 12.1 Å². The molecule has 1 aromatic heterocycles. The molecular weight excluding hydrogens is 679 g/mol. The summed E-state index contributed by atoms with van der Waals surface area (Å²) in [7, 11) is 3.49. The second kappa shape index (κ2) is 18.5. The average Bonchev–Trinajstić information content (AvgIpc) is 3.93. The number of pyridine rings is 1. The number of unbranched alkanes of at least 4 members (excludes halogenated alkanes) is 2. The first-order chi connectivity index (χ1) is 25.2. The number of hydrogen-bond donors (Lipinski definition) is 1. The number of benzene rings is 2. The molecule has 4 rings (SSSR count). The van der Waals surface area contributed by atoms with Crippen LogP contribution < -0.4 is 10.9 Å². The van der Waals surface area contributed by atoms with Crippen LogP contribution in [0.4, 0.5) is 13.2 Å². The van der Waals surface area contributed by atoms with E-state index in [2.05, 4.69) is 50.5 Å². The molecule has 1 N–H and O–H groups in total. The highest BCUT2D eigenvalue weighted by atomic mass is 19.4. The minimum absolute atomic E-state index is 0.0153. The quantitative estimate of drug-likeness (QED) is 0.0756. The van der Waals surface area contributed by atoms with Crippen molar-refractivity contribution < 1.29 is 27.5 Å². The summed E-state index contributed by atoms with van der Waals surface area (Å²) in [6, 6.07) is 9.17. The first-order valence-electron chi connectivity index (χ1n) is 18.6. The fourth-order valence-electron chi connectivity index (χ4n) is 7.00. The van der Waals surface area contributed by atoms with Gasteiger partial charge in [0.05, 0.1) is 24.6 Å². The van der Waals surface area contributed by atoms with Crippen molar-refractivity contribution in [1.82, 2.24) is 14.8 Å². The number of hydrogen-bond acceptors (Lipinski definition) is 5. The maximum absolute atomic E-state index is 14.3. The van der Waals surface area contributed by atoms with Crippen molar-refractivity contribution >= 4 is 11.9 Å². The Morgan fingerprint density at radius 1 is 1.02 bits per heavy atom. The van der Waals surface area contributed by atoms with Gasteiger partial charge in [-0.2, -0.15) is 13.2 Å². The van der Waals surface area contributed by atoms with E-state index >= 15 is 0 Å². The fourth-order valence-corrected chi connectivity index (χ4v) is 7.00. The standard InChI is InChI=1S/C43H54F3N3O4/c1-8-11-12-13-15-31-21-28(4)20-29(5)41(31)35-23-33(30-16-17-30)22-34(24-35)37(26-40(51)53-10-3)47-42(52)38(14-9-2)49-27-32(18-19-48(6)7)36(25-39(49)50)43(44,45)46/h8-9,20-25,27,30,37-38H,1-2,10-19,26H2,3-7H3,(H,47,52)/t37-,38-/m0/s1. The predicted octanol–water partition coefficient (Wildman–Crippen LogP) is 8.96. The molecule has 286 valence electrons. The number of rotatable bonds is 19. The molecule has 0 saturated heterocycles. The summed E-state index contributed by atoms with van der Waals surface area (Å²) in [5, 5.41) is 3.01. The highest BCUT2D eigenvalue weighted by molar-refractivity contribution is 5.82. The highest BCUT2D eigenvalue weighted by Crippen LogP contribution is 2.44. The van der Waals surface area contributed by atoms with E-state index in [4.69, 9.17) is 4.74 Å². The predicted molar refractivity (Wildman–Crippen MR) is 205 cm³/mol. The largest absolute Gasteiger partial charge is 0.466 e. The second-order valence-electron chi connectivity index (χ2n) is 14.4. The number of aromatic nitrogens is 1. The molecule has 1 aliphatic rings. The lowest BCUT2D eigenvalue weighted by Gasteiger charge is -2.26. The fraction of sp³-hybridized carbons (Fsp3) is 0.465. The Balaban J connectivity index is 1.81. The van der Waals surface area contributed by atoms with Crippen LogP contribution in [0.3, 0.4) is 0 Å². The number of nitrogens with zero attached hydrogens (tertiary/aromatic N) is 2. The van der Waals surface area contributed by atoms with Gasteiger partial charge in [-0.05, 0) is 137 Å². The van der Waals surface area contributed by atoms with Crippen LogP contribution in [0.2, 0.25) is 0 Å². The molecular formula is C43H54F3N3O4. The molecule has 0 bridgehead atoms. The van der Waals surface area contributed by atoms with Crippen molar-refractivity contribution in [3.8, 4) is 11.1 Å². The van der Waals surface area contributed by atoms with E-state index in [0.29, 0.717) is 24.1 Å². The minimum Gasteiger partial charge on any atom is -0.466 e. The molecule has 2 aromatic carbocycles. The zero-order valence-electron chi connectivity index (χ0n) is 31.8. The van der Waals surface area contributed by atoms with Crippen LogP contribution in [0.1, 0.15) is 109 Å². The van der Waals surface area contributed by atoms with Crippen LogP contribution in [-0.4, -0.2) is 48.6 Å². The molecule has 1 heterocycles. The number of allylic oxidation sites excluding steroid dienone is 2. The summed E-state index contributed by atoms with van der Waals surface area (Å²) in [6.07, 6.45) is 5.54. The van der Waals surface area contributed by atoms with Crippen LogP contribution in [0, 0.1) is 13.8 Å². The van der Waals surface area contributed by atoms with Gasteiger partial charge in [0.15, 0.2) is 0 Å². The first-order valence-corrected chi connectivity index (χ1v) is 18.6. The third kappa shape index (κ3) is 11.3. The van der Waals surface area contributed by atoms with E-state index in [-0.39, 0.29) is 31.4 Å². The topological polar surface area (TPSA) is 80.6 Å². The molecule has 10 heteroatoms. The summed E-state index contributed by atoms with van der Waals surface area (Å²) >= 11 is 0. The molecule has 0 aliphatic heterocycles. The lowest BCUT2D eigenvalue weighted by Crippen LogP contribution is -2.40. The number of carbonyl (C=O) groups is 2. The van der Waals surface area contributed by atoms with Crippen LogP contribution in [-0.2, 0) is 33.3 Å². The van der Waals surface area contributed by atoms with Gasteiger partial charge in [-0.25, -0.2) is 0 Å². The third-order valence-electron chi connectivity index (χ3n) is 9.70. The van der Waals surface area contributed by atoms with Gasteiger partial charge in [0.2, 0.25) is 5.91 Å². The lowest BCUT2D eigenvalue weighted by atomic mass is 9.87. The SMILES string of the molecule is C=CCCCCc1cc(C)cc(C)c1-c1cc(C2CC2)cc([C@H](CC(=O)OCC)NC(=O)[C@H](CC=C)n2cc(CCN(C)C)c(C(F)(F)F)cc2=O)c1. The Labute approximate surface area is 311 Å². The van der Waals surface area contributed by atoms with Crippen molar-refractivity contribution in [1.29, 1.82) is 0 Å². The molecule has 0 spiro atoms. The van der Waals surface area contributed by atoms with Gasteiger partial charge in [0.1, 0.15) is 6.04 Å². The van der Waals surface area contributed by atoms with Crippen LogP contribution >= 0.6 is 0 Å². The highest BCUT2D eigenvalue weighted by Gasteiger charge is 2.36. The Bertz CT molecular complexity index is 1840. The Morgan fingerprint density at radius 2 is 1.75 bits per heavy atom. The third-order valence-corrected chi connectivity index (χ3v) is 9.70. The molecule has 1 saturated carbocycles. The summed E-state index contributed by atoms with van der Waals surface area (Å²) in [6.45, 7) is 14.0. The van der Waals surface area contributed by atoms with Crippen molar-refractivity contribution in [2.75, 3.05) is 27.2 Å². The second-order valence-corrected chi connectivity index (χ2v) is 14.4. The number of amides is 1. The van der Waals surface area contributed by atoms with Gasteiger partial charge in [-0.3, -0.25) is 14.4 Å². The number of carbonyl (C=O) groups excluding carboxylic acids is 2. The van der Waals surface area contributed by atoms with Crippen LogP contribution in [0.15, 0.2) is 72.7 Å².